The predicted octanol–water partition coefficient (Wildman–Crippen LogP) is 0.904. The molecule has 0 spiro atoms. The van der Waals surface area contributed by atoms with E-state index in [1.807, 2.05) is 0 Å². The van der Waals surface area contributed by atoms with Crippen LogP contribution in [0.5, 0.6) is 0 Å². The molecule has 3 nitrogen and oxygen atoms in total. The summed E-state index contributed by atoms with van der Waals surface area (Å²) in [6.07, 6.45) is 0.379. The average molecular weight is 168 g/mol. The van der Waals surface area contributed by atoms with Crippen molar-refractivity contribution < 1.29 is 14.4 Å². The molecule has 0 aromatic carbocycles. The van der Waals surface area contributed by atoms with Gasteiger partial charge in [0, 0.05) is 0 Å². The lowest BCUT2D eigenvalue weighted by atomic mass is 9.71. The van der Waals surface area contributed by atoms with E-state index in [0.717, 1.165) is 0 Å². The molecule has 0 amide bonds. The first-order valence-electron chi connectivity index (χ1n) is 4.09. The zero-order valence-electron chi connectivity index (χ0n) is 7.35. The third kappa shape index (κ3) is 1.19. The minimum Gasteiger partial charge on any atom is -0.299 e. The summed E-state index contributed by atoms with van der Waals surface area (Å²) >= 11 is 0. The standard InChI is InChI=1S/C9H12O3/c1-3-9(2)7(11)4-6(10)5-8(9)12/h3-5H2,1-2H3. The molecular weight excluding hydrogens is 156 g/mol. The molecule has 1 aliphatic rings. The van der Waals surface area contributed by atoms with Gasteiger partial charge in [-0.3, -0.25) is 14.4 Å². The maximum Gasteiger partial charge on any atom is 0.153 e. The Morgan fingerprint density at radius 3 is 1.92 bits per heavy atom. The van der Waals surface area contributed by atoms with Crippen molar-refractivity contribution in [3.05, 3.63) is 0 Å². The maximum atomic E-state index is 11.3. The summed E-state index contributed by atoms with van der Waals surface area (Å²) < 4.78 is 0. The van der Waals surface area contributed by atoms with Crippen molar-refractivity contribution in [2.75, 3.05) is 0 Å². The molecule has 0 aromatic heterocycles. The highest BCUT2D eigenvalue weighted by Gasteiger charge is 2.43. The second-order valence-electron chi connectivity index (χ2n) is 3.42. The molecule has 0 aromatic rings. The molecule has 0 N–H and O–H groups in total. The fourth-order valence-electron chi connectivity index (χ4n) is 1.36. The lowest BCUT2D eigenvalue weighted by Crippen LogP contribution is -2.42. The highest BCUT2D eigenvalue weighted by Crippen LogP contribution is 2.30. The zero-order chi connectivity index (χ0) is 9.35. The summed E-state index contributed by atoms with van der Waals surface area (Å²) in [6, 6.07) is 0. The lowest BCUT2D eigenvalue weighted by Gasteiger charge is -2.28. The van der Waals surface area contributed by atoms with Gasteiger partial charge in [0.1, 0.15) is 5.78 Å². The van der Waals surface area contributed by atoms with E-state index in [1.54, 1.807) is 13.8 Å². The summed E-state index contributed by atoms with van der Waals surface area (Å²) in [7, 11) is 0. The fraction of sp³-hybridized carbons (Fsp3) is 0.667. The van der Waals surface area contributed by atoms with Gasteiger partial charge in [-0.25, -0.2) is 0 Å². The molecule has 0 radical (unpaired) electrons. The normalized spacial score (nSPS) is 23.0. The van der Waals surface area contributed by atoms with Crippen molar-refractivity contribution in [1.29, 1.82) is 0 Å². The Labute approximate surface area is 71.1 Å². The second-order valence-corrected chi connectivity index (χ2v) is 3.42. The van der Waals surface area contributed by atoms with Gasteiger partial charge in [0.25, 0.3) is 0 Å². The minimum absolute atomic E-state index is 0.0594. The van der Waals surface area contributed by atoms with Gasteiger partial charge < -0.3 is 0 Å². The van der Waals surface area contributed by atoms with Crippen LogP contribution in [0.1, 0.15) is 33.1 Å². The van der Waals surface area contributed by atoms with Crippen molar-refractivity contribution in [3.63, 3.8) is 0 Å². The van der Waals surface area contributed by atoms with Crippen LogP contribution in [0.3, 0.4) is 0 Å². The van der Waals surface area contributed by atoms with Crippen LogP contribution < -0.4 is 0 Å². The zero-order valence-corrected chi connectivity index (χ0v) is 7.35. The van der Waals surface area contributed by atoms with Gasteiger partial charge in [0.2, 0.25) is 0 Å². The smallest absolute Gasteiger partial charge is 0.153 e. The Morgan fingerprint density at radius 1 is 1.17 bits per heavy atom. The van der Waals surface area contributed by atoms with Crippen LogP contribution in [0, 0.1) is 5.41 Å². The Hall–Kier alpha value is -0.990. The number of Topliss-reactive ketones (excluding diaryl/α,β-unsaturated/α-hetero) is 3. The van der Waals surface area contributed by atoms with Crippen molar-refractivity contribution >= 4 is 17.3 Å². The first kappa shape index (κ1) is 9.10. The number of rotatable bonds is 1. The molecule has 3 heteroatoms. The largest absolute Gasteiger partial charge is 0.299 e. The van der Waals surface area contributed by atoms with Gasteiger partial charge in [-0.15, -0.1) is 0 Å². The van der Waals surface area contributed by atoms with Gasteiger partial charge in [0.15, 0.2) is 11.6 Å². The highest BCUT2D eigenvalue weighted by atomic mass is 16.2. The maximum absolute atomic E-state index is 11.3. The number of carbonyl (C=O) groups is 3. The monoisotopic (exact) mass is 168 g/mol. The summed E-state index contributed by atoms with van der Waals surface area (Å²) in [5.74, 6) is -0.673. The SMILES string of the molecule is CCC1(C)C(=O)CC(=O)CC1=O. The molecule has 0 aliphatic heterocycles. The molecule has 66 valence electrons. The summed E-state index contributed by atoms with van der Waals surface area (Å²) in [4.78, 5) is 33.5. The fourth-order valence-corrected chi connectivity index (χ4v) is 1.36. The molecule has 1 aliphatic carbocycles. The van der Waals surface area contributed by atoms with Gasteiger partial charge >= 0.3 is 0 Å². The van der Waals surface area contributed by atoms with Crippen LogP contribution in [-0.2, 0) is 14.4 Å². The molecule has 0 unspecified atom stereocenters. The lowest BCUT2D eigenvalue weighted by molar-refractivity contribution is -0.147. The van der Waals surface area contributed by atoms with Crippen LogP contribution >= 0.6 is 0 Å². The molecule has 1 saturated carbocycles. The van der Waals surface area contributed by atoms with Crippen molar-refractivity contribution in [1.82, 2.24) is 0 Å². The van der Waals surface area contributed by atoms with Crippen LogP contribution in [0.15, 0.2) is 0 Å². The topological polar surface area (TPSA) is 51.2 Å². The number of ketones is 3. The van der Waals surface area contributed by atoms with Crippen LogP contribution in [0.2, 0.25) is 0 Å². The molecule has 1 rings (SSSR count). The Morgan fingerprint density at radius 2 is 1.58 bits per heavy atom. The first-order valence-corrected chi connectivity index (χ1v) is 4.09. The van der Waals surface area contributed by atoms with E-state index >= 15 is 0 Å². The molecule has 0 atom stereocenters. The summed E-state index contributed by atoms with van der Waals surface area (Å²) in [5, 5.41) is 0. The van der Waals surface area contributed by atoms with E-state index in [9.17, 15) is 14.4 Å². The van der Waals surface area contributed by atoms with E-state index in [-0.39, 0.29) is 30.2 Å². The summed E-state index contributed by atoms with van der Waals surface area (Å²) in [5.41, 5.74) is -0.881. The summed E-state index contributed by atoms with van der Waals surface area (Å²) in [6.45, 7) is 3.43. The van der Waals surface area contributed by atoms with E-state index < -0.39 is 5.41 Å². The molecule has 0 saturated heterocycles. The minimum atomic E-state index is -0.881. The highest BCUT2D eigenvalue weighted by molar-refractivity contribution is 6.22. The quantitative estimate of drug-likeness (QED) is 0.547. The number of hydrogen-bond acceptors (Lipinski definition) is 3. The Bertz CT molecular complexity index is 232. The Kier molecular flexibility index (Phi) is 2.13. The van der Waals surface area contributed by atoms with E-state index in [0.29, 0.717) is 6.42 Å². The van der Waals surface area contributed by atoms with Gasteiger partial charge in [0.05, 0.1) is 18.3 Å². The second kappa shape index (κ2) is 2.81. The average Bonchev–Trinajstić information content (AvgIpc) is 2.00. The molecular formula is C9H12O3. The predicted molar refractivity (Wildman–Crippen MR) is 42.7 cm³/mol. The Balaban J connectivity index is 2.95. The molecule has 0 bridgehead atoms. The van der Waals surface area contributed by atoms with Crippen molar-refractivity contribution in [2.24, 2.45) is 5.41 Å². The van der Waals surface area contributed by atoms with Gasteiger partial charge in [-0.05, 0) is 13.3 Å². The molecule has 1 fully saturated rings. The van der Waals surface area contributed by atoms with Crippen molar-refractivity contribution in [2.45, 2.75) is 33.1 Å². The third-order valence-corrected chi connectivity index (χ3v) is 2.65. The van der Waals surface area contributed by atoms with E-state index in [1.165, 1.54) is 0 Å². The van der Waals surface area contributed by atoms with Gasteiger partial charge in [-0.1, -0.05) is 6.92 Å². The van der Waals surface area contributed by atoms with Crippen molar-refractivity contribution in [3.8, 4) is 0 Å². The third-order valence-electron chi connectivity index (χ3n) is 2.65. The van der Waals surface area contributed by atoms with Crippen LogP contribution in [0.4, 0.5) is 0 Å². The molecule has 12 heavy (non-hydrogen) atoms. The number of carbonyl (C=O) groups excluding carboxylic acids is 3. The van der Waals surface area contributed by atoms with Gasteiger partial charge in [-0.2, -0.15) is 0 Å². The van der Waals surface area contributed by atoms with Crippen LogP contribution in [-0.4, -0.2) is 17.3 Å². The van der Waals surface area contributed by atoms with E-state index in [2.05, 4.69) is 0 Å². The number of hydrogen-bond donors (Lipinski definition) is 0. The van der Waals surface area contributed by atoms with Crippen LogP contribution in [0.25, 0.3) is 0 Å². The van der Waals surface area contributed by atoms with E-state index in [4.69, 9.17) is 0 Å². The molecule has 0 heterocycles. The first-order chi connectivity index (χ1) is 5.50.